The lowest BCUT2D eigenvalue weighted by Crippen LogP contribution is -2.34. The minimum absolute atomic E-state index is 0.0850. The molecule has 1 aromatic carbocycles. The van der Waals surface area contributed by atoms with Crippen LogP contribution in [0.4, 0.5) is 8.78 Å². The number of carbonyl (C=O) groups excluding carboxylic acids is 1. The lowest BCUT2D eigenvalue weighted by Gasteiger charge is -2.19. The molecule has 1 aliphatic carbocycles. The third-order valence-electron chi connectivity index (χ3n) is 4.61. The van der Waals surface area contributed by atoms with Gasteiger partial charge in [0.15, 0.2) is 0 Å². The Morgan fingerprint density at radius 3 is 2.85 bits per heavy atom. The van der Waals surface area contributed by atoms with Crippen LogP contribution >= 0.6 is 0 Å². The molecule has 20 heavy (non-hydrogen) atoms. The van der Waals surface area contributed by atoms with E-state index in [4.69, 9.17) is 5.73 Å². The summed E-state index contributed by atoms with van der Waals surface area (Å²) in [6, 6.07) is 3.38. The van der Waals surface area contributed by atoms with E-state index >= 15 is 0 Å². The fourth-order valence-corrected chi connectivity index (χ4v) is 3.46. The summed E-state index contributed by atoms with van der Waals surface area (Å²) in [5.41, 5.74) is 6.15. The van der Waals surface area contributed by atoms with Gasteiger partial charge in [-0.05, 0) is 42.9 Å². The van der Waals surface area contributed by atoms with E-state index in [1.807, 2.05) is 0 Å². The van der Waals surface area contributed by atoms with Gasteiger partial charge in [0.25, 0.3) is 0 Å². The fraction of sp³-hybridized carbons (Fsp3) is 0.533. The van der Waals surface area contributed by atoms with Crippen LogP contribution in [0.3, 0.4) is 0 Å². The number of benzene rings is 1. The maximum absolute atomic E-state index is 13.6. The van der Waals surface area contributed by atoms with Gasteiger partial charge in [-0.25, -0.2) is 8.78 Å². The predicted octanol–water partition coefficient (Wildman–Crippen LogP) is 1.70. The number of rotatable bonds is 2. The number of halogens is 2. The Balaban J connectivity index is 1.67. The van der Waals surface area contributed by atoms with Gasteiger partial charge in [0.2, 0.25) is 5.91 Å². The zero-order valence-corrected chi connectivity index (χ0v) is 11.2. The van der Waals surface area contributed by atoms with Crippen molar-refractivity contribution in [2.24, 2.45) is 17.6 Å². The summed E-state index contributed by atoms with van der Waals surface area (Å²) in [6.45, 7) is 1.36. The van der Waals surface area contributed by atoms with Gasteiger partial charge in [-0.15, -0.1) is 0 Å². The number of nitrogens with zero attached hydrogens (tertiary/aromatic N) is 1. The van der Waals surface area contributed by atoms with Crippen molar-refractivity contribution in [3.63, 3.8) is 0 Å². The maximum Gasteiger partial charge on any atom is 0.227 e. The Labute approximate surface area is 116 Å². The molecule has 108 valence electrons. The molecule has 1 aliphatic heterocycles. The van der Waals surface area contributed by atoms with E-state index in [0.29, 0.717) is 24.9 Å². The first-order chi connectivity index (χ1) is 9.54. The van der Waals surface area contributed by atoms with Crippen LogP contribution in [0.1, 0.15) is 18.4 Å². The first-order valence-electron chi connectivity index (χ1n) is 7.02. The van der Waals surface area contributed by atoms with Gasteiger partial charge in [-0.3, -0.25) is 4.79 Å². The molecule has 1 saturated heterocycles. The zero-order valence-electron chi connectivity index (χ0n) is 11.2. The van der Waals surface area contributed by atoms with Gasteiger partial charge in [-0.2, -0.15) is 0 Å². The number of nitrogens with two attached hydrogens (primary N) is 1. The molecule has 0 bridgehead atoms. The van der Waals surface area contributed by atoms with Crippen molar-refractivity contribution in [3.8, 4) is 0 Å². The molecule has 3 nitrogen and oxygen atoms in total. The van der Waals surface area contributed by atoms with Crippen LogP contribution in [-0.2, 0) is 11.2 Å². The highest BCUT2D eigenvalue weighted by Gasteiger charge is 2.42. The van der Waals surface area contributed by atoms with Crippen molar-refractivity contribution in [3.05, 3.63) is 35.4 Å². The largest absolute Gasteiger partial charge is 0.342 e. The van der Waals surface area contributed by atoms with Gasteiger partial charge < -0.3 is 10.6 Å². The van der Waals surface area contributed by atoms with E-state index < -0.39 is 11.6 Å². The predicted molar refractivity (Wildman–Crippen MR) is 70.8 cm³/mol. The van der Waals surface area contributed by atoms with E-state index in [1.165, 1.54) is 0 Å². The Kier molecular flexibility index (Phi) is 3.46. The van der Waals surface area contributed by atoms with E-state index in [2.05, 4.69) is 0 Å². The van der Waals surface area contributed by atoms with Gasteiger partial charge in [-0.1, -0.05) is 0 Å². The van der Waals surface area contributed by atoms with E-state index in [0.717, 1.165) is 31.0 Å². The summed E-state index contributed by atoms with van der Waals surface area (Å²) >= 11 is 0. The monoisotopic (exact) mass is 280 g/mol. The first-order valence-corrected chi connectivity index (χ1v) is 7.02. The van der Waals surface area contributed by atoms with E-state index in [1.54, 1.807) is 4.90 Å². The second-order valence-corrected chi connectivity index (χ2v) is 5.88. The molecule has 2 aliphatic rings. The third kappa shape index (κ3) is 2.42. The number of fused-ring (bicyclic) bond motifs is 1. The molecule has 0 radical (unpaired) electrons. The number of hydrogen-bond acceptors (Lipinski definition) is 2. The van der Waals surface area contributed by atoms with Crippen LogP contribution in [0.25, 0.3) is 0 Å². The number of likely N-dealkylation sites (tertiary alicyclic amines) is 1. The minimum Gasteiger partial charge on any atom is -0.342 e. The lowest BCUT2D eigenvalue weighted by atomic mass is 9.98. The SMILES string of the molecule is NC1CCC2CN(C(=O)Cc3cc(F)ccc3F)CC12. The summed E-state index contributed by atoms with van der Waals surface area (Å²) in [7, 11) is 0. The van der Waals surface area contributed by atoms with E-state index in [9.17, 15) is 13.6 Å². The highest BCUT2D eigenvalue weighted by atomic mass is 19.1. The summed E-state index contributed by atoms with van der Waals surface area (Å²) in [4.78, 5) is 14.0. The maximum atomic E-state index is 13.6. The summed E-state index contributed by atoms with van der Waals surface area (Å²) in [5, 5.41) is 0. The Morgan fingerprint density at radius 1 is 1.30 bits per heavy atom. The van der Waals surface area contributed by atoms with Crippen molar-refractivity contribution in [1.82, 2.24) is 4.90 Å². The van der Waals surface area contributed by atoms with Gasteiger partial charge in [0.1, 0.15) is 11.6 Å². The normalized spacial score (nSPS) is 28.8. The van der Waals surface area contributed by atoms with Crippen molar-refractivity contribution in [2.45, 2.75) is 25.3 Å². The smallest absolute Gasteiger partial charge is 0.227 e. The average Bonchev–Trinajstić information content (AvgIpc) is 2.97. The molecule has 0 aromatic heterocycles. The standard InChI is InChI=1S/C15H18F2N2O/c16-11-2-3-13(17)10(5-11)6-15(20)19-7-9-1-4-14(18)12(9)8-19/h2-3,5,9,12,14H,1,4,6-8,18H2. The Hall–Kier alpha value is -1.49. The summed E-state index contributed by atoms with van der Waals surface area (Å²) < 4.78 is 26.7. The second kappa shape index (κ2) is 5.13. The van der Waals surface area contributed by atoms with E-state index in [-0.39, 0.29) is 23.9 Å². The minimum atomic E-state index is -0.532. The van der Waals surface area contributed by atoms with Crippen molar-refractivity contribution in [2.75, 3.05) is 13.1 Å². The highest BCUT2D eigenvalue weighted by Crippen LogP contribution is 2.37. The molecular weight excluding hydrogens is 262 g/mol. The molecule has 0 spiro atoms. The molecule has 3 unspecified atom stereocenters. The molecule has 1 saturated carbocycles. The third-order valence-corrected chi connectivity index (χ3v) is 4.61. The molecular formula is C15H18F2N2O. The van der Waals surface area contributed by atoms with Gasteiger partial charge in [0.05, 0.1) is 6.42 Å². The lowest BCUT2D eigenvalue weighted by molar-refractivity contribution is -0.129. The average molecular weight is 280 g/mol. The Morgan fingerprint density at radius 2 is 2.10 bits per heavy atom. The van der Waals surface area contributed by atoms with Gasteiger partial charge >= 0.3 is 0 Å². The van der Waals surface area contributed by atoms with Crippen LogP contribution in [0.15, 0.2) is 18.2 Å². The second-order valence-electron chi connectivity index (χ2n) is 5.88. The molecule has 3 atom stereocenters. The molecule has 3 rings (SSSR count). The summed E-state index contributed by atoms with van der Waals surface area (Å²) in [6.07, 6.45) is 2.00. The van der Waals surface area contributed by atoms with Gasteiger partial charge in [0, 0.05) is 24.7 Å². The zero-order chi connectivity index (χ0) is 14.3. The summed E-state index contributed by atoms with van der Waals surface area (Å²) in [5.74, 6) is -0.343. The molecule has 1 heterocycles. The molecule has 1 aromatic rings. The Bertz CT molecular complexity index is 535. The fourth-order valence-electron chi connectivity index (χ4n) is 3.46. The van der Waals surface area contributed by atoms with Crippen molar-refractivity contribution in [1.29, 1.82) is 0 Å². The van der Waals surface area contributed by atoms with Crippen molar-refractivity contribution >= 4 is 5.91 Å². The first kappa shape index (κ1) is 13.5. The van der Waals surface area contributed by atoms with Crippen LogP contribution in [-0.4, -0.2) is 29.9 Å². The van der Waals surface area contributed by atoms with Crippen LogP contribution in [0.2, 0.25) is 0 Å². The quantitative estimate of drug-likeness (QED) is 0.896. The van der Waals surface area contributed by atoms with Crippen LogP contribution in [0, 0.1) is 23.5 Å². The number of carbonyl (C=O) groups is 1. The molecule has 2 N–H and O–H groups in total. The molecule has 2 fully saturated rings. The topological polar surface area (TPSA) is 46.3 Å². The number of hydrogen-bond donors (Lipinski definition) is 1. The number of amides is 1. The molecule has 5 heteroatoms. The molecule has 1 amide bonds. The highest BCUT2D eigenvalue weighted by molar-refractivity contribution is 5.79. The van der Waals surface area contributed by atoms with Crippen molar-refractivity contribution < 1.29 is 13.6 Å². The van der Waals surface area contributed by atoms with Crippen LogP contribution < -0.4 is 5.73 Å². The van der Waals surface area contributed by atoms with Crippen LogP contribution in [0.5, 0.6) is 0 Å².